The lowest BCUT2D eigenvalue weighted by Crippen LogP contribution is -2.13. The maximum atomic E-state index is 11.4. The summed E-state index contributed by atoms with van der Waals surface area (Å²) in [7, 11) is 0. The highest BCUT2D eigenvalue weighted by Gasteiger charge is 2.05. The van der Waals surface area contributed by atoms with Gasteiger partial charge in [-0.3, -0.25) is 4.79 Å². The number of nitrogens with two attached hydrogens (primary N) is 1. The summed E-state index contributed by atoms with van der Waals surface area (Å²) in [5.41, 5.74) is 7.16. The average Bonchev–Trinajstić information content (AvgIpc) is 2.29. The van der Waals surface area contributed by atoms with E-state index in [1.54, 1.807) is 30.0 Å². The van der Waals surface area contributed by atoms with Crippen molar-refractivity contribution in [3.8, 4) is 6.07 Å². The van der Waals surface area contributed by atoms with E-state index >= 15 is 0 Å². The van der Waals surface area contributed by atoms with Gasteiger partial charge in [0.15, 0.2) is 0 Å². The zero-order valence-corrected chi connectivity index (χ0v) is 9.80. The van der Waals surface area contributed by atoms with Gasteiger partial charge in [0.25, 0.3) is 0 Å². The molecule has 84 valence electrons. The summed E-state index contributed by atoms with van der Waals surface area (Å²) in [6.07, 6.45) is 2.41. The summed E-state index contributed by atoms with van der Waals surface area (Å²) in [5.74, 6) is 0.716. The molecule has 1 rings (SSSR count). The van der Waals surface area contributed by atoms with Crippen molar-refractivity contribution in [1.82, 2.24) is 0 Å². The van der Waals surface area contributed by atoms with Gasteiger partial charge in [0.2, 0.25) is 5.91 Å². The number of thioether (sulfide) groups is 1. The SMILES string of the molecule is CSCCC(=O)Nc1ccc(C#N)cc1N. The van der Waals surface area contributed by atoms with Crippen molar-refractivity contribution in [2.45, 2.75) is 6.42 Å². The third-order valence-corrected chi connectivity index (χ3v) is 2.60. The number of benzene rings is 1. The second kappa shape index (κ2) is 6.03. The van der Waals surface area contributed by atoms with E-state index in [-0.39, 0.29) is 5.91 Å². The number of anilines is 2. The van der Waals surface area contributed by atoms with Crippen LogP contribution in [-0.2, 0) is 4.79 Å². The summed E-state index contributed by atoms with van der Waals surface area (Å²) in [5, 5.41) is 11.4. The van der Waals surface area contributed by atoms with Crippen LogP contribution in [0.1, 0.15) is 12.0 Å². The first-order chi connectivity index (χ1) is 7.67. The van der Waals surface area contributed by atoms with Gasteiger partial charge in [0.1, 0.15) is 0 Å². The van der Waals surface area contributed by atoms with E-state index in [9.17, 15) is 4.79 Å². The monoisotopic (exact) mass is 235 g/mol. The average molecular weight is 235 g/mol. The first-order valence-corrected chi connectivity index (χ1v) is 6.15. The van der Waals surface area contributed by atoms with Gasteiger partial charge in [-0.25, -0.2) is 0 Å². The third kappa shape index (κ3) is 3.48. The number of hydrogen-bond acceptors (Lipinski definition) is 4. The molecule has 1 aromatic carbocycles. The van der Waals surface area contributed by atoms with Crippen LogP contribution >= 0.6 is 11.8 Å². The van der Waals surface area contributed by atoms with Crippen molar-refractivity contribution in [2.24, 2.45) is 0 Å². The number of rotatable bonds is 4. The minimum Gasteiger partial charge on any atom is -0.397 e. The molecular formula is C11H13N3OS. The number of nitrogens with zero attached hydrogens (tertiary/aromatic N) is 1. The van der Waals surface area contributed by atoms with Crippen LogP contribution in [0, 0.1) is 11.3 Å². The Morgan fingerprint density at radius 3 is 2.94 bits per heavy atom. The molecule has 0 saturated carbocycles. The van der Waals surface area contributed by atoms with Crippen molar-refractivity contribution in [1.29, 1.82) is 5.26 Å². The molecule has 0 fully saturated rings. The van der Waals surface area contributed by atoms with Gasteiger partial charge in [-0.2, -0.15) is 17.0 Å². The highest BCUT2D eigenvalue weighted by Crippen LogP contribution is 2.19. The van der Waals surface area contributed by atoms with Crippen LogP contribution in [0.4, 0.5) is 11.4 Å². The Hall–Kier alpha value is -1.67. The Labute approximate surface area is 98.8 Å². The van der Waals surface area contributed by atoms with E-state index < -0.39 is 0 Å². The predicted octanol–water partition coefficient (Wildman–Crippen LogP) is 1.83. The molecule has 0 spiro atoms. The van der Waals surface area contributed by atoms with Crippen LogP contribution in [0.2, 0.25) is 0 Å². The van der Waals surface area contributed by atoms with Crippen LogP contribution in [0.5, 0.6) is 0 Å². The zero-order chi connectivity index (χ0) is 12.0. The molecule has 0 aromatic heterocycles. The normalized spacial score (nSPS) is 9.50. The minimum atomic E-state index is -0.0641. The van der Waals surface area contributed by atoms with Crippen LogP contribution in [0.15, 0.2) is 18.2 Å². The van der Waals surface area contributed by atoms with Crippen molar-refractivity contribution in [3.63, 3.8) is 0 Å². The smallest absolute Gasteiger partial charge is 0.225 e. The maximum absolute atomic E-state index is 11.4. The van der Waals surface area contributed by atoms with Crippen LogP contribution < -0.4 is 11.1 Å². The molecule has 0 aliphatic rings. The molecule has 0 radical (unpaired) electrons. The number of nitrogen functional groups attached to an aromatic ring is 1. The molecule has 1 amide bonds. The van der Waals surface area contributed by atoms with Crippen LogP contribution in [0.3, 0.4) is 0 Å². The molecule has 0 heterocycles. The van der Waals surface area contributed by atoms with E-state index in [0.29, 0.717) is 23.4 Å². The quantitative estimate of drug-likeness (QED) is 0.780. The molecule has 0 saturated heterocycles. The molecule has 16 heavy (non-hydrogen) atoms. The third-order valence-electron chi connectivity index (χ3n) is 1.99. The highest BCUT2D eigenvalue weighted by molar-refractivity contribution is 7.98. The van der Waals surface area contributed by atoms with Gasteiger partial charge in [0.05, 0.1) is 23.0 Å². The number of carbonyl (C=O) groups is 1. The van der Waals surface area contributed by atoms with E-state index in [1.807, 2.05) is 12.3 Å². The molecule has 1 aromatic rings. The topological polar surface area (TPSA) is 78.9 Å². The largest absolute Gasteiger partial charge is 0.397 e. The van der Waals surface area contributed by atoms with E-state index in [4.69, 9.17) is 11.0 Å². The molecule has 0 atom stereocenters. The standard InChI is InChI=1S/C11H13N3OS/c1-16-5-4-11(15)14-10-3-2-8(7-12)6-9(10)13/h2-3,6H,4-5,13H2,1H3,(H,14,15). The van der Waals surface area contributed by atoms with Crippen LogP contribution in [-0.4, -0.2) is 17.9 Å². The molecule has 4 nitrogen and oxygen atoms in total. The Kier molecular flexibility index (Phi) is 4.67. The summed E-state index contributed by atoms with van der Waals surface area (Å²) < 4.78 is 0. The molecule has 0 aliphatic carbocycles. The van der Waals surface area contributed by atoms with Gasteiger partial charge in [0, 0.05) is 12.2 Å². The predicted molar refractivity (Wildman–Crippen MR) is 67.2 cm³/mol. The summed E-state index contributed by atoms with van der Waals surface area (Å²) in [4.78, 5) is 11.4. The Bertz CT molecular complexity index is 426. The molecular weight excluding hydrogens is 222 g/mol. The van der Waals surface area contributed by atoms with Crippen molar-refractivity contribution in [2.75, 3.05) is 23.1 Å². The van der Waals surface area contributed by atoms with Crippen LogP contribution in [0.25, 0.3) is 0 Å². The van der Waals surface area contributed by atoms with Gasteiger partial charge in [-0.1, -0.05) is 0 Å². The second-order valence-corrected chi connectivity index (χ2v) is 4.19. The second-order valence-electron chi connectivity index (χ2n) is 3.20. The van der Waals surface area contributed by atoms with Gasteiger partial charge >= 0.3 is 0 Å². The molecule has 3 N–H and O–H groups in total. The lowest BCUT2D eigenvalue weighted by molar-refractivity contribution is -0.115. The van der Waals surface area contributed by atoms with E-state index in [2.05, 4.69) is 5.32 Å². The molecule has 0 aliphatic heterocycles. The lowest BCUT2D eigenvalue weighted by Gasteiger charge is -2.07. The van der Waals surface area contributed by atoms with Gasteiger partial charge in [-0.15, -0.1) is 0 Å². The molecule has 0 unspecified atom stereocenters. The number of hydrogen-bond donors (Lipinski definition) is 2. The number of amides is 1. The summed E-state index contributed by atoms with van der Waals surface area (Å²) in [6, 6.07) is 6.80. The Morgan fingerprint density at radius 1 is 1.62 bits per heavy atom. The van der Waals surface area contributed by atoms with Crippen molar-refractivity contribution < 1.29 is 4.79 Å². The van der Waals surface area contributed by atoms with Crippen molar-refractivity contribution in [3.05, 3.63) is 23.8 Å². The Balaban J connectivity index is 2.68. The van der Waals surface area contributed by atoms with Crippen molar-refractivity contribution >= 4 is 29.0 Å². The first-order valence-electron chi connectivity index (χ1n) is 4.75. The van der Waals surface area contributed by atoms with E-state index in [1.165, 1.54) is 0 Å². The first kappa shape index (κ1) is 12.4. The number of nitrogens with one attached hydrogen (secondary N) is 1. The highest BCUT2D eigenvalue weighted by atomic mass is 32.2. The number of nitriles is 1. The van der Waals surface area contributed by atoms with E-state index in [0.717, 1.165) is 5.75 Å². The van der Waals surface area contributed by atoms with Gasteiger partial charge < -0.3 is 11.1 Å². The Morgan fingerprint density at radius 2 is 2.38 bits per heavy atom. The maximum Gasteiger partial charge on any atom is 0.225 e. The fourth-order valence-corrected chi connectivity index (χ4v) is 1.54. The lowest BCUT2D eigenvalue weighted by atomic mass is 10.2. The minimum absolute atomic E-state index is 0.0641. The van der Waals surface area contributed by atoms with Gasteiger partial charge in [-0.05, 0) is 24.5 Å². The summed E-state index contributed by atoms with van der Waals surface area (Å²) >= 11 is 1.62. The fraction of sp³-hybridized carbons (Fsp3) is 0.273. The zero-order valence-electron chi connectivity index (χ0n) is 8.99. The molecule has 0 bridgehead atoms. The fourth-order valence-electron chi connectivity index (χ4n) is 1.15. The number of carbonyl (C=O) groups excluding carboxylic acids is 1. The molecule has 5 heteroatoms. The summed E-state index contributed by atoms with van der Waals surface area (Å²) in [6.45, 7) is 0.